The Kier molecular flexibility index (Phi) is 3.93. The molecule has 124 valence electrons. The van der Waals surface area contributed by atoms with Crippen molar-refractivity contribution in [2.24, 2.45) is 0 Å². The van der Waals surface area contributed by atoms with Crippen LogP contribution in [0.25, 0.3) is 10.1 Å². The van der Waals surface area contributed by atoms with Gasteiger partial charge in [0.05, 0.1) is 5.69 Å². The molecule has 1 aliphatic rings. The third kappa shape index (κ3) is 2.54. The Balaban J connectivity index is 1.49. The number of amides is 1. The quantitative estimate of drug-likeness (QED) is 0.732. The Morgan fingerprint density at radius 2 is 2.08 bits per heavy atom. The number of carbonyl (C=O) groups excluding carboxylic acids is 1. The van der Waals surface area contributed by atoms with Crippen molar-refractivity contribution in [3.8, 4) is 0 Å². The zero-order chi connectivity index (χ0) is 16.5. The molecule has 3 aromatic heterocycles. The second kappa shape index (κ2) is 6.24. The molecule has 0 unspecified atom stereocenters. The molecule has 4 rings (SSSR count). The van der Waals surface area contributed by atoms with Gasteiger partial charge in [-0.1, -0.05) is 6.92 Å². The third-order valence-electron chi connectivity index (χ3n) is 4.40. The number of carbonyl (C=O) groups is 1. The van der Waals surface area contributed by atoms with Gasteiger partial charge in [-0.25, -0.2) is 9.97 Å². The zero-order valence-electron chi connectivity index (χ0n) is 13.4. The lowest BCUT2D eigenvalue weighted by Gasteiger charge is -2.35. The summed E-state index contributed by atoms with van der Waals surface area (Å²) >= 11 is 1.72. The highest BCUT2D eigenvalue weighted by Gasteiger charge is 2.27. The van der Waals surface area contributed by atoms with E-state index in [-0.39, 0.29) is 5.91 Å². The largest absolute Gasteiger partial charge is 0.438 e. The summed E-state index contributed by atoms with van der Waals surface area (Å²) in [6.07, 6.45) is 3.90. The average Bonchev–Trinajstić information content (AvgIpc) is 3.29. The minimum absolute atomic E-state index is 0.0642. The maximum atomic E-state index is 12.6. The SMILES string of the molecule is CCc1ncoc1C(=O)N1CCN(c2nccc3sccc23)CC1. The number of rotatable bonds is 3. The topological polar surface area (TPSA) is 62.5 Å². The Bertz CT molecular complexity index is 864. The molecule has 1 amide bonds. The van der Waals surface area contributed by atoms with Crippen LogP contribution < -0.4 is 4.90 Å². The summed E-state index contributed by atoms with van der Waals surface area (Å²) in [5, 5.41) is 3.28. The van der Waals surface area contributed by atoms with Crippen molar-refractivity contribution in [2.45, 2.75) is 13.3 Å². The minimum Gasteiger partial charge on any atom is -0.438 e. The molecule has 1 aliphatic heterocycles. The first-order valence-corrected chi connectivity index (χ1v) is 8.94. The van der Waals surface area contributed by atoms with Crippen molar-refractivity contribution in [1.29, 1.82) is 0 Å². The average molecular weight is 342 g/mol. The standard InChI is InChI=1S/C17H18N4O2S/c1-2-13-15(23-11-19-13)17(22)21-8-6-20(7-9-21)16-12-4-10-24-14(12)3-5-18-16/h3-5,10-11H,2,6-9H2,1H3. The smallest absolute Gasteiger partial charge is 0.291 e. The van der Waals surface area contributed by atoms with Crippen molar-refractivity contribution < 1.29 is 9.21 Å². The second-order valence-electron chi connectivity index (χ2n) is 5.73. The van der Waals surface area contributed by atoms with E-state index in [1.807, 2.05) is 24.1 Å². The highest BCUT2D eigenvalue weighted by Crippen LogP contribution is 2.29. The molecule has 7 heteroatoms. The van der Waals surface area contributed by atoms with E-state index in [0.29, 0.717) is 25.3 Å². The van der Waals surface area contributed by atoms with Gasteiger partial charge in [0.2, 0.25) is 5.76 Å². The number of aryl methyl sites for hydroxylation is 1. The molecular formula is C17H18N4O2S. The number of hydrogen-bond acceptors (Lipinski definition) is 6. The number of hydrogen-bond donors (Lipinski definition) is 0. The summed E-state index contributed by atoms with van der Waals surface area (Å²) in [6.45, 7) is 4.82. The van der Waals surface area contributed by atoms with Crippen LogP contribution in [0, 0.1) is 0 Å². The van der Waals surface area contributed by atoms with Crippen LogP contribution in [0.3, 0.4) is 0 Å². The molecule has 0 bridgehead atoms. The molecule has 0 aliphatic carbocycles. The molecule has 0 atom stereocenters. The van der Waals surface area contributed by atoms with Crippen molar-refractivity contribution >= 4 is 33.1 Å². The highest BCUT2D eigenvalue weighted by molar-refractivity contribution is 7.17. The number of aromatic nitrogens is 2. The number of fused-ring (bicyclic) bond motifs is 1. The van der Waals surface area contributed by atoms with E-state index in [2.05, 4.69) is 26.3 Å². The second-order valence-corrected chi connectivity index (χ2v) is 6.68. The van der Waals surface area contributed by atoms with E-state index >= 15 is 0 Å². The highest BCUT2D eigenvalue weighted by atomic mass is 32.1. The van der Waals surface area contributed by atoms with Gasteiger partial charge in [0.25, 0.3) is 5.91 Å². The molecule has 0 saturated carbocycles. The zero-order valence-corrected chi connectivity index (χ0v) is 14.3. The van der Waals surface area contributed by atoms with Gasteiger partial charge in [-0.2, -0.15) is 0 Å². The molecule has 1 fully saturated rings. The predicted octanol–water partition coefficient (Wildman–Crippen LogP) is 2.81. The molecule has 1 saturated heterocycles. The minimum atomic E-state index is -0.0642. The fourth-order valence-electron chi connectivity index (χ4n) is 3.09. The maximum Gasteiger partial charge on any atom is 0.291 e. The first-order valence-electron chi connectivity index (χ1n) is 8.06. The number of anilines is 1. The monoisotopic (exact) mass is 342 g/mol. The van der Waals surface area contributed by atoms with E-state index < -0.39 is 0 Å². The molecule has 0 radical (unpaired) electrons. The Hall–Kier alpha value is -2.41. The van der Waals surface area contributed by atoms with E-state index in [0.717, 1.165) is 24.6 Å². The number of pyridine rings is 1. The number of oxazole rings is 1. The van der Waals surface area contributed by atoms with Crippen LogP contribution in [-0.4, -0.2) is 47.0 Å². The summed E-state index contributed by atoms with van der Waals surface area (Å²) in [5.41, 5.74) is 0.729. The van der Waals surface area contributed by atoms with Crippen LogP contribution in [0.2, 0.25) is 0 Å². The number of nitrogens with zero attached hydrogens (tertiary/aromatic N) is 4. The summed E-state index contributed by atoms with van der Waals surface area (Å²) in [4.78, 5) is 25.4. The van der Waals surface area contributed by atoms with Crippen LogP contribution in [0.4, 0.5) is 5.82 Å². The van der Waals surface area contributed by atoms with Crippen molar-refractivity contribution in [3.05, 3.63) is 41.6 Å². The molecule has 6 nitrogen and oxygen atoms in total. The van der Waals surface area contributed by atoms with Crippen molar-refractivity contribution in [1.82, 2.24) is 14.9 Å². The van der Waals surface area contributed by atoms with Gasteiger partial charge in [0.1, 0.15) is 5.82 Å². The van der Waals surface area contributed by atoms with E-state index in [1.54, 1.807) is 11.3 Å². The molecule has 3 aromatic rings. The summed E-state index contributed by atoms with van der Waals surface area (Å²) in [6, 6.07) is 4.15. The van der Waals surface area contributed by atoms with Gasteiger partial charge in [0, 0.05) is 42.5 Å². The van der Waals surface area contributed by atoms with E-state index in [4.69, 9.17) is 4.42 Å². The third-order valence-corrected chi connectivity index (χ3v) is 5.28. The summed E-state index contributed by atoms with van der Waals surface area (Å²) < 4.78 is 6.55. The normalized spacial score (nSPS) is 15.2. The van der Waals surface area contributed by atoms with E-state index in [1.165, 1.54) is 16.5 Å². The molecule has 0 N–H and O–H groups in total. The predicted molar refractivity (Wildman–Crippen MR) is 93.6 cm³/mol. The van der Waals surface area contributed by atoms with Crippen LogP contribution >= 0.6 is 11.3 Å². The van der Waals surface area contributed by atoms with Crippen LogP contribution in [0.5, 0.6) is 0 Å². The lowest BCUT2D eigenvalue weighted by atomic mass is 10.2. The van der Waals surface area contributed by atoms with Gasteiger partial charge < -0.3 is 14.2 Å². The lowest BCUT2D eigenvalue weighted by molar-refractivity contribution is 0.0713. The van der Waals surface area contributed by atoms with Gasteiger partial charge in [-0.3, -0.25) is 4.79 Å². The van der Waals surface area contributed by atoms with Crippen LogP contribution in [0.1, 0.15) is 23.2 Å². The first-order chi connectivity index (χ1) is 11.8. The fraction of sp³-hybridized carbons (Fsp3) is 0.353. The van der Waals surface area contributed by atoms with Crippen LogP contribution in [-0.2, 0) is 6.42 Å². The van der Waals surface area contributed by atoms with Gasteiger partial charge in [0.15, 0.2) is 6.39 Å². The summed E-state index contributed by atoms with van der Waals surface area (Å²) in [7, 11) is 0. The van der Waals surface area contributed by atoms with Gasteiger partial charge >= 0.3 is 0 Å². The van der Waals surface area contributed by atoms with Gasteiger partial charge in [-0.15, -0.1) is 11.3 Å². The molecular weight excluding hydrogens is 324 g/mol. The van der Waals surface area contributed by atoms with Crippen molar-refractivity contribution in [3.63, 3.8) is 0 Å². The van der Waals surface area contributed by atoms with Gasteiger partial charge in [-0.05, 0) is 23.9 Å². The molecule has 24 heavy (non-hydrogen) atoms. The summed E-state index contributed by atoms with van der Waals surface area (Å²) in [5.74, 6) is 1.32. The Morgan fingerprint density at radius 1 is 1.25 bits per heavy atom. The maximum absolute atomic E-state index is 12.6. The lowest BCUT2D eigenvalue weighted by Crippen LogP contribution is -2.49. The number of thiophene rings is 1. The van der Waals surface area contributed by atoms with E-state index in [9.17, 15) is 4.79 Å². The molecule has 0 spiro atoms. The Labute approximate surface area is 143 Å². The molecule has 0 aromatic carbocycles. The van der Waals surface area contributed by atoms with Crippen molar-refractivity contribution in [2.75, 3.05) is 31.1 Å². The first kappa shape index (κ1) is 15.1. The fourth-order valence-corrected chi connectivity index (χ4v) is 3.87. The number of piperazine rings is 1. The Morgan fingerprint density at radius 3 is 2.88 bits per heavy atom. The molecule has 4 heterocycles. The van der Waals surface area contributed by atoms with Crippen LogP contribution in [0.15, 0.2) is 34.5 Å².